The number of hydrogen-bond donors (Lipinski definition) is 1. The third-order valence-corrected chi connectivity index (χ3v) is 4.51. The van der Waals surface area contributed by atoms with Crippen LogP contribution in [0.3, 0.4) is 0 Å². The van der Waals surface area contributed by atoms with Crippen molar-refractivity contribution in [1.29, 1.82) is 0 Å². The van der Waals surface area contributed by atoms with Gasteiger partial charge in [-0.1, -0.05) is 0 Å². The first-order valence-corrected chi connectivity index (χ1v) is 7.22. The van der Waals surface area contributed by atoms with Gasteiger partial charge in [-0.25, -0.2) is 0 Å². The van der Waals surface area contributed by atoms with Crippen molar-refractivity contribution >= 4 is 5.97 Å². The van der Waals surface area contributed by atoms with Gasteiger partial charge in [-0.15, -0.1) is 0 Å². The van der Waals surface area contributed by atoms with E-state index in [2.05, 4.69) is 5.32 Å². The van der Waals surface area contributed by atoms with Crippen molar-refractivity contribution in [2.24, 2.45) is 5.92 Å². The Labute approximate surface area is 124 Å². The van der Waals surface area contributed by atoms with Crippen LogP contribution < -0.4 is 5.32 Å². The average molecular weight is 310 g/mol. The highest BCUT2D eigenvalue weighted by atomic mass is 19.4. The summed E-state index contributed by atoms with van der Waals surface area (Å²) in [6, 6.07) is 0.00994. The number of piperidine rings is 1. The van der Waals surface area contributed by atoms with Crippen LogP contribution in [0.1, 0.15) is 33.1 Å². The monoisotopic (exact) mass is 310 g/mol. The molecular formula is C14H25F3N2O2. The van der Waals surface area contributed by atoms with Crippen molar-refractivity contribution in [3.8, 4) is 0 Å². The summed E-state index contributed by atoms with van der Waals surface area (Å²) in [5.74, 6) is -1.56. The van der Waals surface area contributed by atoms with Crippen LogP contribution in [0, 0.1) is 5.92 Å². The molecule has 0 aliphatic carbocycles. The summed E-state index contributed by atoms with van der Waals surface area (Å²) in [6.45, 7) is 4.50. The molecule has 1 heterocycles. The van der Waals surface area contributed by atoms with Gasteiger partial charge in [0.25, 0.3) is 0 Å². The second kappa shape index (κ2) is 6.96. The molecule has 4 nitrogen and oxygen atoms in total. The highest BCUT2D eigenvalue weighted by Crippen LogP contribution is 2.35. The molecule has 0 spiro atoms. The van der Waals surface area contributed by atoms with Gasteiger partial charge in [0, 0.05) is 6.04 Å². The number of carbonyl (C=O) groups is 1. The van der Waals surface area contributed by atoms with Gasteiger partial charge in [0.2, 0.25) is 0 Å². The van der Waals surface area contributed by atoms with E-state index in [9.17, 15) is 18.0 Å². The lowest BCUT2D eigenvalue weighted by molar-refractivity contribution is -0.186. The Balaban J connectivity index is 2.58. The van der Waals surface area contributed by atoms with Gasteiger partial charge >= 0.3 is 12.1 Å². The lowest BCUT2D eigenvalue weighted by atomic mass is 9.90. The fourth-order valence-electron chi connectivity index (χ4n) is 2.90. The molecule has 0 aromatic carbocycles. The first-order chi connectivity index (χ1) is 9.64. The number of methoxy groups -OCH3 is 1. The maximum atomic E-state index is 12.7. The molecule has 1 N–H and O–H groups in total. The zero-order valence-corrected chi connectivity index (χ0v) is 13.1. The van der Waals surface area contributed by atoms with Gasteiger partial charge in [-0.3, -0.25) is 4.79 Å². The summed E-state index contributed by atoms with van der Waals surface area (Å²) >= 11 is 0. The van der Waals surface area contributed by atoms with Crippen molar-refractivity contribution in [2.45, 2.75) is 50.9 Å². The number of nitrogens with zero attached hydrogens (tertiary/aromatic N) is 1. The lowest BCUT2D eigenvalue weighted by Crippen LogP contribution is -2.53. The molecule has 1 aliphatic rings. The van der Waals surface area contributed by atoms with Crippen LogP contribution in [0.5, 0.6) is 0 Å². The summed E-state index contributed by atoms with van der Waals surface area (Å²) in [6.07, 6.45) is -3.35. The molecular weight excluding hydrogens is 285 g/mol. The Morgan fingerprint density at radius 3 is 2.29 bits per heavy atom. The normalized spacial score (nSPS) is 22.6. The second-order valence-corrected chi connectivity index (χ2v) is 5.98. The smallest absolute Gasteiger partial charge is 0.391 e. The summed E-state index contributed by atoms with van der Waals surface area (Å²) in [7, 11) is 3.01. The lowest BCUT2D eigenvalue weighted by Gasteiger charge is -2.39. The van der Waals surface area contributed by atoms with Crippen LogP contribution in [-0.4, -0.2) is 55.9 Å². The highest BCUT2D eigenvalue weighted by molar-refractivity contribution is 5.80. The largest absolute Gasteiger partial charge is 0.468 e. The summed E-state index contributed by atoms with van der Waals surface area (Å²) in [5, 5.41) is 2.95. The number of likely N-dealkylation sites (N-methyl/N-ethyl adjacent to an activating group) is 1. The number of esters is 1. The molecule has 0 saturated carbocycles. The van der Waals surface area contributed by atoms with Crippen LogP contribution in [-0.2, 0) is 9.53 Å². The molecule has 2 unspecified atom stereocenters. The Bertz CT molecular complexity index is 355. The SMILES string of the molecule is CNC(C)(CC(C)N1CCC(C(F)(F)F)CC1)C(=O)OC. The van der Waals surface area contributed by atoms with Crippen LogP contribution >= 0.6 is 0 Å². The Kier molecular flexibility index (Phi) is 6.04. The first-order valence-electron chi connectivity index (χ1n) is 7.22. The summed E-state index contributed by atoms with van der Waals surface area (Å²) < 4.78 is 42.8. The molecule has 1 aliphatic heterocycles. The average Bonchev–Trinajstić information content (AvgIpc) is 2.45. The van der Waals surface area contributed by atoms with Gasteiger partial charge in [-0.05, 0) is 53.2 Å². The van der Waals surface area contributed by atoms with E-state index in [1.165, 1.54) is 7.11 Å². The molecule has 1 saturated heterocycles. The number of alkyl halides is 3. The fraction of sp³-hybridized carbons (Fsp3) is 0.929. The number of nitrogens with one attached hydrogen (secondary N) is 1. The summed E-state index contributed by atoms with van der Waals surface area (Å²) in [4.78, 5) is 13.8. The minimum absolute atomic E-state index is 0.00994. The van der Waals surface area contributed by atoms with Crippen molar-refractivity contribution in [2.75, 3.05) is 27.2 Å². The maximum absolute atomic E-state index is 12.7. The van der Waals surface area contributed by atoms with Gasteiger partial charge in [0.15, 0.2) is 0 Å². The molecule has 0 amide bonds. The van der Waals surface area contributed by atoms with Gasteiger partial charge < -0.3 is 15.0 Å². The molecule has 0 aromatic rings. The van der Waals surface area contributed by atoms with Crippen LogP contribution in [0.25, 0.3) is 0 Å². The zero-order valence-electron chi connectivity index (χ0n) is 13.1. The predicted octanol–water partition coefficient (Wildman–Crippen LogP) is 2.19. The van der Waals surface area contributed by atoms with E-state index >= 15 is 0 Å². The second-order valence-electron chi connectivity index (χ2n) is 5.98. The van der Waals surface area contributed by atoms with E-state index in [0.29, 0.717) is 19.5 Å². The van der Waals surface area contributed by atoms with Crippen LogP contribution in [0.2, 0.25) is 0 Å². The number of carbonyl (C=O) groups excluding carboxylic acids is 1. The zero-order chi connectivity index (χ0) is 16.3. The third kappa shape index (κ3) is 4.57. The first kappa shape index (κ1) is 18.2. The molecule has 1 rings (SSSR count). The third-order valence-electron chi connectivity index (χ3n) is 4.51. The van der Waals surface area contributed by atoms with Crippen molar-refractivity contribution in [3.05, 3.63) is 0 Å². The Morgan fingerprint density at radius 2 is 1.90 bits per heavy atom. The minimum atomic E-state index is -4.10. The Hall–Kier alpha value is -0.820. The predicted molar refractivity (Wildman–Crippen MR) is 73.9 cm³/mol. The standard InChI is InChI=1S/C14H25F3N2O2/c1-10(9-13(2,18-3)12(20)21-4)19-7-5-11(6-8-19)14(15,16)17/h10-11,18H,5-9H2,1-4H3. The number of ether oxygens (including phenoxy) is 1. The van der Waals surface area contributed by atoms with Crippen LogP contribution in [0.15, 0.2) is 0 Å². The molecule has 21 heavy (non-hydrogen) atoms. The van der Waals surface area contributed by atoms with Gasteiger partial charge in [0.05, 0.1) is 13.0 Å². The number of rotatable bonds is 5. The van der Waals surface area contributed by atoms with E-state index in [-0.39, 0.29) is 24.9 Å². The number of halogens is 3. The van der Waals surface area contributed by atoms with E-state index in [0.717, 1.165) is 0 Å². The van der Waals surface area contributed by atoms with Gasteiger partial charge in [0.1, 0.15) is 5.54 Å². The van der Waals surface area contributed by atoms with Gasteiger partial charge in [-0.2, -0.15) is 13.2 Å². The number of hydrogen-bond acceptors (Lipinski definition) is 4. The van der Waals surface area contributed by atoms with Crippen molar-refractivity contribution in [1.82, 2.24) is 10.2 Å². The minimum Gasteiger partial charge on any atom is -0.468 e. The molecule has 124 valence electrons. The molecule has 1 fully saturated rings. The molecule has 0 bridgehead atoms. The highest BCUT2D eigenvalue weighted by Gasteiger charge is 2.42. The number of likely N-dealkylation sites (tertiary alicyclic amines) is 1. The fourth-order valence-corrected chi connectivity index (χ4v) is 2.90. The quantitative estimate of drug-likeness (QED) is 0.791. The van der Waals surface area contributed by atoms with E-state index in [1.807, 2.05) is 11.8 Å². The summed E-state index contributed by atoms with van der Waals surface area (Å²) in [5.41, 5.74) is -0.824. The topological polar surface area (TPSA) is 41.6 Å². The van der Waals surface area contributed by atoms with Crippen LogP contribution in [0.4, 0.5) is 13.2 Å². The van der Waals surface area contributed by atoms with Crippen molar-refractivity contribution in [3.63, 3.8) is 0 Å². The maximum Gasteiger partial charge on any atom is 0.391 e. The molecule has 0 aromatic heterocycles. The van der Waals surface area contributed by atoms with E-state index < -0.39 is 17.6 Å². The molecule has 7 heteroatoms. The van der Waals surface area contributed by atoms with E-state index in [1.54, 1.807) is 14.0 Å². The molecule has 2 atom stereocenters. The van der Waals surface area contributed by atoms with E-state index in [4.69, 9.17) is 4.74 Å². The van der Waals surface area contributed by atoms with Crippen molar-refractivity contribution < 1.29 is 22.7 Å². The molecule has 0 radical (unpaired) electrons. The Morgan fingerprint density at radius 1 is 1.38 bits per heavy atom.